The molecule has 2 aliphatic rings. The predicted octanol–water partition coefficient (Wildman–Crippen LogP) is 7.12. The zero-order chi connectivity index (χ0) is 28.6. The number of halogens is 3. The number of carbonyl (C=O) groups excluding carboxylic acids is 2. The molecule has 0 unspecified atom stereocenters. The summed E-state index contributed by atoms with van der Waals surface area (Å²) in [7, 11) is 0. The monoisotopic (exact) mass is 626 g/mol. The summed E-state index contributed by atoms with van der Waals surface area (Å²) in [6.45, 7) is 1.99. The molecule has 3 amide bonds. The lowest BCUT2D eigenvalue weighted by Gasteiger charge is -2.29. The molecule has 3 N–H and O–H groups in total. The molecule has 2 atom stereocenters. The van der Waals surface area contributed by atoms with Crippen LogP contribution in [0.25, 0.3) is 16.7 Å². The Kier molecular flexibility index (Phi) is 7.91. The predicted molar refractivity (Wildman–Crippen MR) is 155 cm³/mol. The van der Waals surface area contributed by atoms with Crippen LogP contribution in [-0.2, 0) is 9.59 Å². The van der Waals surface area contributed by atoms with Gasteiger partial charge in [-0.25, -0.2) is 9.18 Å². The molecule has 11 heteroatoms. The molecule has 206 valence electrons. The van der Waals surface area contributed by atoms with Crippen LogP contribution >= 0.6 is 27.5 Å². The summed E-state index contributed by atoms with van der Waals surface area (Å²) in [5.74, 6) is -1.39. The Labute approximate surface area is 243 Å². The highest BCUT2D eigenvalue weighted by Gasteiger charge is 2.33. The van der Waals surface area contributed by atoms with Gasteiger partial charge in [-0.1, -0.05) is 46.9 Å². The van der Waals surface area contributed by atoms with E-state index in [4.69, 9.17) is 16.7 Å². The molecule has 2 bridgehead atoms. The molecule has 0 saturated heterocycles. The van der Waals surface area contributed by atoms with Gasteiger partial charge in [-0.3, -0.25) is 19.9 Å². The van der Waals surface area contributed by atoms with Crippen LogP contribution in [0.3, 0.4) is 0 Å². The van der Waals surface area contributed by atoms with Crippen molar-refractivity contribution in [2.24, 2.45) is 5.92 Å². The fourth-order valence-corrected chi connectivity index (χ4v) is 5.86. The Bertz CT molecular complexity index is 1560. The fourth-order valence-electron chi connectivity index (χ4n) is 5.14. The normalized spacial score (nSPS) is 19.2. The maximum Gasteiger partial charge on any atom is 0.409 e. The highest BCUT2D eigenvalue weighted by molar-refractivity contribution is 9.10. The largest absolute Gasteiger partial charge is 0.465 e. The number of rotatable bonds is 3. The average Bonchev–Trinajstić information content (AvgIpc) is 3.28. The van der Waals surface area contributed by atoms with E-state index in [-0.39, 0.29) is 34.9 Å². The molecule has 1 aromatic heterocycles. The maximum atomic E-state index is 15.0. The smallest absolute Gasteiger partial charge is 0.409 e. The summed E-state index contributed by atoms with van der Waals surface area (Å²) in [6, 6.07) is 11.3. The summed E-state index contributed by atoms with van der Waals surface area (Å²) in [4.78, 5) is 43.8. The number of nitrogens with one attached hydrogen (secondary N) is 2. The van der Waals surface area contributed by atoms with Crippen molar-refractivity contribution in [3.63, 3.8) is 0 Å². The summed E-state index contributed by atoms with van der Waals surface area (Å²) < 4.78 is 15.5. The Morgan fingerprint density at radius 1 is 1.20 bits per heavy atom. The standard InChI is InChI=1S/C29H25BrClFN4O4/c1-15-3-2-4-24(36-14-17(12-25(36)37)26-20(30)7-8-21(31)27(26)32)23-11-16(9-10-33-23)19-6-5-18(34-29(39)40)13-22(19)35-28(15)38/h5-13,15,24,34H,2-4,14H2,1H3,(H,35,38)(H,39,40)/t15-,24+/m1/s1. The van der Waals surface area contributed by atoms with Crippen molar-refractivity contribution in [2.45, 2.75) is 32.2 Å². The lowest BCUT2D eigenvalue weighted by molar-refractivity contribution is -0.127. The van der Waals surface area contributed by atoms with Crippen molar-refractivity contribution in [2.75, 3.05) is 17.2 Å². The molecule has 0 radical (unpaired) electrons. The Balaban J connectivity index is 1.54. The molecular weight excluding hydrogens is 603 g/mol. The number of anilines is 2. The topological polar surface area (TPSA) is 112 Å². The molecule has 0 saturated carbocycles. The number of benzene rings is 2. The van der Waals surface area contributed by atoms with Gasteiger partial charge in [0.1, 0.15) is 5.82 Å². The van der Waals surface area contributed by atoms with Crippen molar-refractivity contribution in [1.29, 1.82) is 0 Å². The summed E-state index contributed by atoms with van der Waals surface area (Å²) in [6.07, 6.45) is 3.60. The second-order valence-electron chi connectivity index (χ2n) is 9.85. The number of pyridine rings is 1. The van der Waals surface area contributed by atoms with Crippen LogP contribution in [0.15, 0.2) is 59.2 Å². The van der Waals surface area contributed by atoms with E-state index >= 15 is 0 Å². The molecule has 2 aliphatic heterocycles. The Hall–Kier alpha value is -3.76. The second kappa shape index (κ2) is 11.4. The van der Waals surface area contributed by atoms with Gasteiger partial charge < -0.3 is 15.3 Å². The van der Waals surface area contributed by atoms with Crippen LogP contribution in [-0.4, -0.2) is 39.4 Å². The van der Waals surface area contributed by atoms with Gasteiger partial charge in [-0.15, -0.1) is 0 Å². The lowest BCUT2D eigenvalue weighted by Crippen LogP contribution is -2.32. The van der Waals surface area contributed by atoms with Gasteiger partial charge in [0.2, 0.25) is 11.8 Å². The van der Waals surface area contributed by atoms with Crippen molar-refractivity contribution in [3.8, 4) is 11.1 Å². The quantitative estimate of drug-likeness (QED) is 0.268. The number of hydrogen-bond donors (Lipinski definition) is 3. The molecule has 40 heavy (non-hydrogen) atoms. The van der Waals surface area contributed by atoms with Crippen LogP contribution in [0.5, 0.6) is 0 Å². The molecule has 2 aromatic carbocycles. The zero-order valence-corrected chi connectivity index (χ0v) is 23.7. The SMILES string of the molecule is C[C@@H]1CCC[C@H](N2CC(c3c(Br)ccc(Cl)c3F)=CC2=O)c2cc(ccn2)-c2ccc(NC(=O)O)cc2NC1=O. The van der Waals surface area contributed by atoms with Gasteiger partial charge >= 0.3 is 6.09 Å². The van der Waals surface area contributed by atoms with E-state index in [0.717, 1.165) is 5.56 Å². The minimum absolute atomic E-state index is 0.0296. The Morgan fingerprint density at radius 2 is 2.00 bits per heavy atom. The van der Waals surface area contributed by atoms with Crippen molar-refractivity contribution < 1.29 is 23.9 Å². The number of carboxylic acid groups (broad SMARTS) is 1. The van der Waals surface area contributed by atoms with Gasteiger partial charge in [-0.05, 0) is 60.4 Å². The lowest BCUT2D eigenvalue weighted by atomic mass is 9.94. The van der Waals surface area contributed by atoms with Gasteiger partial charge in [0, 0.05) is 46.0 Å². The van der Waals surface area contributed by atoms with Gasteiger partial charge in [-0.2, -0.15) is 0 Å². The fraction of sp³-hybridized carbons (Fsp3) is 0.241. The number of fused-ring (bicyclic) bond motifs is 4. The maximum absolute atomic E-state index is 15.0. The van der Waals surface area contributed by atoms with Crippen LogP contribution in [0.2, 0.25) is 5.02 Å². The third-order valence-electron chi connectivity index (χ3n) is 7.19. The zero-order valence-electron chi connectivity index (χ0n) is 21.4. The number of nitrogens with zero attached hydrogens (tertiary/aromatic N) is 2. The highest BCUT2D eigenvalue weighted by Crippen LogP contribution is 2.39. The number of carbonyl (C=O) groups is 3. The molecule has 0 aliphatic carbocycles. The third kappa shape index (κ3) is 5.59. The number of hydrogen-bond acceptors (Lipinski definition) is 4. The first-order chi connectivity index (χ1) is 19.1. The minimum atomic E-state index is -1.21. The van der Waals surface area contributed by atoms with E-state index < -0.39 is 18.0 Å². The molecular formula is C29H25BrClFN4O4. The highest BCUT2D eigenvalue weighted by atomic mass is 79.9. The van der Waals surface area contributed by atoms with Crippen LogP contribution in [0, 0.1) is 11.7 Å². The van der Waals surface area contributed by atoms with E-state index in [1.165, 1.54) is 12.1 Å². The van der Waals surface area contributed by atoms with E-state index in [1.807, 2.05) is 13.0 Å². The number of amides is 3. The van der Waals surface area contributed by atoms with Crippen molar-refractivity contribution >= 4 is 62.4 Å². The van der Waals surface area contributed by atoms with Gasteiger partial charge in [0.05, 0.1) is 22.4 Å². The van der Waals surface area contributed by atoms with Gasteiger partial charge in [0.15, 0.2) is 0 Å². The molecule has 5 rings (SSSR count). The van der Waals surface area contributed by atoms with Gasteiger partial charge in [0.25, 0.3) is 0 Å². The first-order valence-corrected chi connectivity index (χ1v) is 13.9. The van der Waals surface area contributed by atoms with Crippen molar-refractivity contribution in [1.82, 2.24) is 9.88 Å². The number of aromatic nitrogens is 1. The molecule has 3 aromatic rings. The first kappa shape index (κ1) is 27.8. The van der Waals surface area contributed by atoms with E-state index in [9.17, 15) is 18.8 Å². The molecule has 0 spiro atoms. The molecule has 3 heterocycles. The second-order valence-corrected chi connectivity index (χ2v) is 11.1. The summed E-state index contributed by atoms with van der Waals surface area (Å²) in [5.41, 5.74) is 3.61. The third-order valence-corrected chi connectivity index (χ3v) is 8.14. The van der Waals surface area contributed by atoms with Crippen molar-refractivity contribution in [3.05, 3.63) is 81.3 Å². The summed E-state index contributed by atoms with van der Waals surface area (Å²) >= 11 is 9.42. The summed E-state index contributed by atoms with van der Waals surface area (Å²) in [5, 5.41) is 14.4. The van der Waals surface area contributed by atoms with Crippen LogP contribution in [0.1, 0.15) is 43.5 Å². The van der Waals surface area contributed by atoms with Crippen LogP contribution < -0.4 is 10.6 Å². The Morgan fingerprint density at radius 3 is 2.77 bits per heavy atom. The molecule has 8 nitrogen and oxygen atoms in total. The minimum Gasteiger partial charge on any atom is -0.465 e. The van der Waals surface area contributed by atoms with Crippen LogP contribution in [0.4, 0.5) is 20.6 Å². The first-order valence-electron chi connectivity index (χ1n) is 12.7. The van der Waals surface area contributed by atoms with E-state index in [0.29, 0.717) is 51.9 Å². The van der Waals surface area contributed by atoms with E-state index in [1.54, 1.807) is 41.4 Å². The molecule has 0 fully saturated rings. The average molecular weight is 628 g/mol. The van der Waals surface area contributed by atoms with E-state index in [2.05, 4.69) is 31.5 Å².